The van der Waals surface area contributed by atoms with Crippen LogP contribution >= 0.6 is 0 Å². The first-order chi connectivity index (χ1) is 10.0. The molecule has 1 aromatic rings. The molecule has 0 aliphatic carbocycles. The summed E-state index contributed by atoms with van der Waals surface area (Å²) in [6.45, 7) is 1.17. The van der Waals surface area contributed by atoms with Gasteiger partial charge in [0.2, 0.25) is 10.0 Å². The molecule has 6 nitrogen and oxygen atoms in total. The fourth-order valence-electron chi connectivity index (χ4n) is 3.42. The molecule has 0 spiro atoms. The molecule has 2 fully saturated rings. The molecule has 3 heterocycles. The summed E-state index contributed by atoms with van der Waals surface area (Å²) in [6, 6.07) is 4.15. The molecule has 116 valence electrons. The Kier molecular flexibility index (Phi) is 3.90. The highest BCUT2D eigenvalue weighted by atomic mass is 32.2. The van der Waals surface area contributed by atoms with Crippen LogP contribution in [0.4, 0.5) is 5.82 Å². The number of nitrogens with one attached hydrogen (secondary N) is 1. The summed E-state index contributed by atoms with van der Waals surface area (Å²) >= 11 is 0. The minimum atomic E-state index is -3.49. The maximum atomic E-state index is 12.9. The number of likely N-dealkylation sites (N-methyl/N-ethyl adjacent to an activating group) is 1. The van der Waals surface area contributed by atoms with E-state index < -0.39 is 10.0 Å². The molecule has 7 heteroatoms. The maximum Gasteiger partial charge on any atom is 0.246 e. The molecule has 2 atom stereocenters. The zero-order valence-corrected chi connectivity index (χ0v) is 13.3. The lowest BCUT2D eigenvalue weighted by atomic mass is 10.1. The molecule has 21 heavy (non-hydrogen) atoms. The largest absolute Gasteiger partial charge is 0.372 e. The second-order valence-corrected chi connectivity index (χ2v) is 7.71. The van der Waals surface area contributed by atoms with Crippen LogP contribution in [0.5, 0.6) is 0 Å². The minimum absolute atomic E-state index is 0.271. The maximum absolute atomic E-state index is 12.9. The van der Waals surface area contributed by atoms with E-state index in [0.29, 0.717) is 31.0 Å². The van der Waals surface area contributed by atoms with Crippen LogP contribution in [0.2, 0.25) is 0 Å². The molecule has 1 N–H and O–H groups in total. The molecule has 0 aromatic carbocycles. The van der Waals surface area contributed by atoms with Crippen molar-refractivity contribution in [3.8, 4) is 0 Å². The van der Waals surface area contributed by atoms with Crippen molar-refractivity contribution in [2.75, 3.05) is 32.5 Å². The average Bonchev–Trinajstić information content (AvgIpc) is 2.71. The molecule has 1 aromatic heterocycles. The van der Waals surface area contributed by atoms with Crippen molar-refractivity contribution in [3.05, 3.63) is 18.3 Å². The van der Waals surface area contributed by atoms with Gasteiger partial charge in [0.05, 0.1) is 0 Å². The van der Waals surface area contributed by atoms with Gasteiger partial charge in [0.15, 0.2) is 0 Å². The number of sulfonamides is 1. The van der Waals surface area contributed by atoms with E-state index in [4.69, 9.17) is 0 Å². The first-order valence-corrected chi connectivity index (χ1v) is 8.83. The first-order valence-electron chi connectivity index (χ1n) is 7.39. The lowest BCUT2D eigenvalue weighted by Crippen LogP contribution is -2.39. The van der Waals surface area contributed by atoms with E-state index in [0.717, 1.165) is 12.8 Å². The molecule has 0 saturated carbocycles. The Balaban J connectivity index is 1.92. The smallest absolute Gasteiger partial charge is 0.246 e. The normalized spacial score (nSPS) is 27.5. The van der Waals surface area contributed by atoms with Gasteiger partial charge in [-0.1, -0.05) is 0 Å². The average molecular weight is 310 g/mol. The molecule has 0 radical (unpaired) electrons. The fraction of sp³-hybridized carbons (Fsp3) is 0.643. The quantitative estimate of drug-likeness (QED) is 0.901. The molecule has 2 unspecified atom stereocenters. The van der Waals surface area contributed by atoms with E-state index in [-0.39, 0.29) is 4.90 Å². The Labute approximate surface area is 126 Å². The number of aromatic nitrogens is 1. The fourth-order valence-corrected chi connectivity index (χ4v) is 5.06. The number of nitrogens with zero attached hydrogens (tertiary/aromatic N) is 3. The summed E-state index contributed by atoms with van der Waals surface area (Å²) in [7, 11) is 0.314. The zero-order chi connectivity index (χ0) is 15.0. The Morgan fingerprint density at radius 1 is 1.29 bits per heavy atom. The van der Waals surface area contributed by atoms with Gasteiger partial charge in [-0.3, -0.25) is 4.90 Å². The predicted molar refractivity (Wildman–Crippen MR) is 81.7 cm³/mol. The minimum Gasteiger partial charge on any atom is -0.372 e. The number of hydrogen-bond acceptors (Lipinski definition) is 5. The van der Waals surface area contributed by atoms with E-state index in [1.54, 1.807) is 29.7 Å². The third kappa shape index (κ3) is 2.54. The Hall–Kier alpha value is -1.18. The van der Waals surface area contributed by atoms with Crippen molar-refractivity contribution >= 4 is 15.8 Å². The lowest BCUT2D eigenvalue weighted by Gasteiger charge is -2.25. The van der Waals surface area contributed by atoms with Crippen LogP contribution < -0.4 is 5.32 Å². The second-order valence-electron chi connectivity index (χ2n) is 5.80. The number of fused-ring (bicyclic) bond motifs is 2. The van der Waals surface area contributed by atoms with Crippen molar-refractivity contribution in [1.82, 2.24) is 14.2 Å². The van der Waals surface area contributed by atoms with E-state index in [2.05, 4.69) is 22.2 Å². The van der Waals surface area contributed by atoms with Crippen LogP contribution in [0.3, 0.4) is 0 Å². The van der Waals surface area contributed by atoms with Gasteiger partial charge in [0, 0.05) is 38.4 Å². The van der Waals surface area contributed by atoms with Crippen molar-refractivity contribution < 1.29 is 8.42 Å². The molecule has 2 aliphatic heterocycles. The highest BCUT2D eigenvalue weighted by Crippen LogP contribution is 2.31. The Bertz CT molecular complexity index is 619. The van der Waals surface area contributed by atoms with E-state index in [1.165, 1.54) is 6.42 Å². The number of anilines is 1. The molecular formula is C14H22N4O2S. The molecule has 2 saturated heterocycles. The monoisotopic (exact) mass is 310 g/mol. The van der Waals surface area contributed by atoms with Crippen LogP contribution in [0.15, 0.2) is 23.2 Å². The molecule has 2 bridgehead atoms. The Morgan fingerprint density at radius 2 is 2.05 bits per heavy atom. The third-order valence-electron chi connectivity index (χ3n) is 4.74. The van der Waals surface area contributed by atoms with E-state index in [1.807, 2.05) is 0 Å². The highest BCUT2D eigenvalue weighted by Gasteiger charge is 2.39. The van der Waals surface area contributed by atoms with Crippen LogP contribution in [0, 0.1) is 0 Å². The van der Waals surface area contributed by atoms with Gasteiger partial charge >= 0.3 is 0 Å². The van der Waals surface area contributed by atoms with Gasteiger partial charge in [-0.25, -0.2) is 13.4 Å². The van der Waals surface area contributed by atoms with Crippen molar-refractivity contribution in [2.24, 2.45) is 0 Å². The van der Waals surface area contributed by atoms with Gasteiger partial charge < -0.3 is 5.32 Å². The van der Waals surface area contributed by atoms with Gasteiger partial charge in [-0.05, 0) is 38.4 Å². The van der Waals surface area contributed by atoms with Crippen LogP contribution in [0.1, 0.15) is 19.3 Å². The van der Waals surface area contributed by atoms with Crippen LogP contribution in [0.25, 0.3) is 0 Å². The van der Waals surface area contributed by atoms with E-state index in [9.17, 15) is 8.42 Å². The molecule has 3 rings (SSSR count). The number of hydrogen-bond donors (Lipinski definition) is 1. The Morgan fingerprint density at radius 3 is 2.81 bits per heavy atom. The van der Waals surface area contributed by atoms with Crippen molar-refractivity contribution in [1.29, 1.82) is 0 Å². The first kappa shape index (κ1) is 14.7. The molecule has 0 amide bonds. The van der Waals surface area contributed by atoms with Crippen LogP contribution in [-0.4, -0.2) is 61.9 Å². The molecular weight excluding hydrogens is 288 g/mol. The third-order valence-corrected chi connectivity index (χ3v) is 6.63. The predicted octanol–water partition coefficient (Wildman–Crippen LogP) is 0.981. The van der Waals surface area contributed by atoms with Gasteiger partial charge in [0.1, 0.15) is 10.7 Å². The highest BCUT2D eigenvalue weighted by molar-refractivity contribution is 7.89. The SMILES string of the molecule is CNc1ncccc1S(=O)(=O)N1CCC2CCC(C1)N2C. The van der Waals surface area contributed by atoms with E-state index >= 15 is 0 Å². The summed E-state index contributed by atoms with van der Waals surface area (Å²) in [6.07, 6.45) is 4.77. The van der Waals surface area contributed by atoms with Gasteiger partial charge in [0.25, 0.3) is 0 Å². The van der Waals surface area contributed by atoms with Gasteiger partial charge in [-0.2, -0.15) is 4.31 Å². The number of pyridine rings is 1. The number of rotatable bonds is 3. The second kappa shape index (κ2) is 5.55. The van der Waals surface area contributed by atoms with Crippen LogP contribution in [-0.2, 0) is 10.0 Å². The summed E-state index contributed by atoms with van der Waals surface area (Å²) in [5.74, 6) is 0.417. The summed E-state index contributed by atoms with van der Waals surface area (Å²) < 4.78 is 27.5. The molecule has 2 aliphatic rings. The summed E-state index contributed by atoms with van der Waals surface area (Å²) in [5, 5.41) is 2.87. The topological polar surface area (TPSA) is 65.5 Å². The van der Waals surface area contributed by atoms with Crippen molar-refractivity contribution in [3.63, 3.8) is 0 Å². The summed E-state index contributed by atoms with van der Waals surface area (Å²) in [5.41, 5.74) is 0. The lowest BCUT2D eigenvalue weighted by molar-refractivity contribution is 0.246. The van der Waals surface area contributed by atoms with Crippen molar-refractivity contribution in [2.45, 2.75) is 36.2 Å². The van der Waals surface area contributed by atoms with Gasteiger partial charge in [-0.15, -0.1) is 0 Å². The zero-order valence-electron chi connectivity index (χ0n) is 12.5. The summed E-state index contributed by atoms with van der Waals surface area (Å²) in [4.78, 5) is 6.73. The standard InChI is InChI=1S/C14H22N4O2S/c1-15-14-13(4-3-8-16-14)21(19,20)18-9-7-11-5-6-12(10-18)17(11)2/h3-4,8,11-12H,5-7,9-10H2,1-2H3,(H,15,16).